The van der Waals surface area contributed by atoms with Crippen LogP contribution in [-0.4, -0.2) is 6.61 Å². The first kappa shape index (κ1) is 11.5. The highest BCUT2D eigenvalue weighted by atomic mass is 79.9. The third-order valence-electron chi connectivity index (χ3n) is 1.80. The number of rotatable bonds is 4. The first-order chi connectivity index (χ1) is 6.58. The molecule has 0 N–H and O–H groups in total. The molecule has 0 bridgehead atoms. The maximum atomic E-state index is 12.9. The fourth-order valence-corrected chi connectivity index (χ4v) is 1.47. The topological polar surface area (TPSA) is 9.23 Å². The summed E-state index contributed by atoms with van der Waals surface area (Å²) in [4.78, 5) is 0. The smallest absolute Gasteiger partial charge is 0.128 e. The van der Waals surface area contributed by atoms with Gasteiger partial charge in [-0.1, -0.05) is 29.8 Å². The summed E-state index contributed by atoms with van der Waals surface area (Å²) in [7, 11) is 0. The normalized spacial score (nSPS) is 10.6. The molecular weight excluding hydrogens is 247 g/mol. The Balaban J connectivity index is 2.50. The second-order valence-electron chi connectivity index (χ2n) is 3.64. The van der Waals surface area contributed by atoms with Crippen molar-refractivity contribution in [2.24, 2.45) is 5.92 Å². The Kier molecular flexibility index (Phi) is 4.39. The van der Waals surface area contributed by atoms with Gasteiger partial charge in [-0.2, -0.15) is 0 Å². The summed E-state index contributed by atoms with van der Waals surface area (Å²) < 4.78 is 19.0. The van der Waals surface area contributed by atoms with Gasteiger partial charge in [-0.25, -0.2) is 4.39 Å². The lowest BCUT2D eigenvalue weighted by Gasteiger charge is -2.08. The van der Waals surface area contributed by atoms with Crippen molar-refractivity contribution >= 4 is 15.9 Å². The number of hydrogen-bond acceptors (Lipinski definition) is 1. The van der Waals surface area contributed by atoms with Crippen molar-refractivity contribution in [3.8, 4) is 5.75 Å². The quantitative estimate of drug-likeness (QED) is 0.795. The first-order valence-electron chi connectivity index (χ1n) is 4.67. The maximum absolute atomic E-state index is 12.9. The first-order valence-corrected chi connectivity index (χ1v) is 5.46. The molecule has 0 heterocycles. The Morgan fingerprint density at radius 3 is 2.64 bits per heavy atom. The Morgan fingerprint density at radius 2 is 2.07 bits per heavy atom. The summed E-state index contributed by atoms with van der Waals surface area (Å²) in [6, 6.07) is 4.57. The maximum Gasteiger partial charge on any atom is 0.128 e. The average Bonchev–Trinajstić information content (AvgIpc) is 2.01. The highest BCUT2D eigenvalue weighted by molar-refractivity contribution is 9.10. The lowest BCUT2D eigenvalue weighted by molar-refractivity contribution is 0.288. The Labute approximate surface area is 92.4 Å². The summed E-state index contributed by atoms with van der Waals surface area (Å²) in [6.07, 6.45) is 0.980. The monoisotopic (exact) mass is 260 g/mol. The van der Waals surface area contributed by atoms with E-state index in [4.69, 9.17) is 4.74 Å². The molecule has 1 rings (SSSR count). The molecule has 1 nitrogen and oxygen atoms in total. The number of halogens is 2. The van der Waals surface area contributed by atoms with E-state index in [0.717, 1.165) is 6.42 Å². The minimum Gasteiger partial charge on any atom is -0.493 e. The van der Waals surface area contributed by atoms with Crippen LogP contribution < -0.4 is 4.74 Å². The van der Waals surface area contributed by atoms with Crippen LogP contribution >= 0.6 is 15.9 Å². The van der Waals surface area contributed by atoms with Gasteiger partial charge in [0.25, 0.3) is 0 Å². The van der Waals surface area contributed by atoms with Gasteiger partial charge in [-0.05, 0) is 24.5 Å². The van der Waals surface area contributed by atoms with Crippen molar-refractivity contribution in [3.05, 3.63) is 28.5 Å². The zero-order chi connectivity index (χ0) is 10.6. The largest absolute Gasteiger partial charge is 0.493 e. The van der Waals surface area contributed by atoms with Gasteiger partial charge in [-0.3, -0.25) is 0 Å². The van der Waals surface area contributed by atoms with Crippen molar-refractivity contribution in [1.29, 1.82) is 0 Å². The molecule has 1 aromatic carbocycles. The molecule has 0 unspecified atom stereocenters. The van der Waals surface area contributed by atoms with Crippen molar-refractivity contribution in [1.82, 2.24) is 0 Å². The van der Waals surface area contributed by atoms with E-state index < -0.39 is 0 Å². The fraction of sp³-hybridized carbons (Fsp3) is 0.455. The average molecular weight is 261 g/mol. The molecule has 78 valence electrons. The molecule has 0 saturated heterocycles. The van der Waals surface area contributed by atoms with Gasteiger partial charge in [0.1, 0.15) is 11.6 Å². The van der Waals surface area contributed by atoms with Gasteiger partial charge in [-0.15, -0.1) is 0 Å². The van der Waals surface area contributed by atoms with E-state index in [1.807, 2.05) is 0 Å². The molecular formula is C11H14BrFO. The van der Waals surface area contributed by atoms with E-state index in [9.17, 15) is 4.39 Å². The van der Waals surface area contributed by atoms with Crippen molar-refractivity contribution < 1.29 is 9.13 Å². The highest BCUT2D eigenvalue weighted by Crippen LogP contribution is 2.20. The van der Waals surface area contributed by atoms with E-state index in [1.54, 1.807) is 6.07 Å². The Morgan fingerprint density at radius 1 is 1.36 bits per heavy atom. The van der Waals surface area contributed by atoms with Gasteiger partial charge in [0.05, 0.1) is 6.61 Å². The third kappa shape index (κ3) is 4.09. The molecule has 3 heteroatoms. The lowest BCUT2D eigenvalue weighted by Crippen LogP contribution is -2.01. The van der Waals surface area contributed by atoms with Crippen LogP contribution in [0.5, 0.6) is 5.75 Å². The number of ether oxygens (including phenoxy) is 1. The summed E-state index contributed by atoms with van der Waals surface area (Å²) in [6.45, 7) is 4.89. The number of hydrogen-bond donors (Lipinski definition) is 0. The predicted molar refractivity (Wildman–Crippen MR) is 59.1 cm³/mol. The SMILES string of the molecule is CC(C)CCOc1cc(F)cc(Br)c1. The third-order valence-corrected chi connectivity index (χ3v) is 2.26. The van der Waals surface area contributed by atoms with Crippen molar-refractivity contribution in [2.75, 3.05) is 6.61 Å². The second kappa shape index (κ2) is 5.35. The van der Waals surface area contributed by atoms with E-state index in [1.165, 1.54) is 12.1 Å². The number of benzene rings is 1. The van der Waals surface area contributed by atoms with Gasteiger partial charge in [0.2, 0.25) is 0 Å². The minimum atomic E-state index is -0.279. The van der Waals surface area contributed by atoms with Crippen LogP contribution in [0.3, 0.4) is 0 Å². The van der Waals surface area contributed by atoms with Crippen LogP contribution in [0.2, 0.25) is 0 Å². The van der Waals surface area contributed by atoms with Crippen LogP contribution in [0.25, 0.3) is 0 Å². The van der Waals surface area contributed by atoms with Crippen LogP contribution in [-0.2, 0) is 0 Å². The van der Waals surface area contributed by atoms with E-state index >= 15 is 0 Å². The molecule has 0 aliphatic carbocycles. The highest BCUT2D eigenvalue weighted by Gasteiger charge is 2.00. The molecule has 0 fully saturated rings. The van der Waals surface area contributed by atoms with Gasteiger partial charge < -0.3 is 4.74 Å². The molecule has 0 saturated carbocycles. The Hall–Kier alpha value is -0.570. The zero-order valence-electron chi connectivity index (χ0n) is 8.39. The second-order valence-corrected chi connectivity index (χ2v) is 4.55. The van der Waals surface area contributed by atoms with Crippen molar-refractivity contribution in [3.63, 3.8) is 0 Å². The van der Waals surface area contributed by atoms with E-state index in [-0.39, 0.29) is 5.82 Å². The molecule has 0 radical (unpaired) electrons. The van der Waals surface area contributed by atoms with E-state index in [0.29, 0.717) is 22.7 Å². The molecule has 1 aromatic rings. The van der Waals surface area contributed by atoms with Gasteiger partial charge in [0.15, 0.2) is 0 Å². The lowest BCUT2D eigenvalue weighted by atomic mass is 10.1. The molecule has 0 spiro atoms. The van der Waals surface area contributed by atoms with Gasteiger partial charge in [0, 0.05) is 10.5 Å². The summed E-state index contributed by atoms with van der Waals surface area (Å²) in [5, 5.41) is 0. The van der Waals surface area contributed by atoms with Crippen LogP contribution in [0.15, 0.2) is 22.7 Å². The van der Waals surface area contributed by atoms with Gasteiger partial charge >= 0.3 is 0 Å². The summed E-state index contributed by atoms with van der Waals surface area (Å²) in [5.74, 6) is 0.906. The van der Waals surface area contributed by atoms with Crippen LogP contribution in [0.4, 0.5) is 4.39 Å². The molecule has 0 aliphatic heterocycles. The van der Waals surface area contributed by atoms with Crippen LogP contribution in [0, 0.1) is 11.7 Å². The predicted octanol–water partition coefficient (Wildman–Crippen LogP) is 4.01. The molecule has 0 aliphatic rings. The fourth-order valence-electron chi connectivity index (χ4n) is 1.02. The summed E-state index contributed by atoms with van der Waals surface area (Å²) >= 11 is 3.21. The zero-order valence-corrected chi connectivity index (χ0v) is 9.97. The van der Waals surface area contributed by atoms with Crippen LogP contribution in [0.1, 0.15) is 20.3 Å². The standard InChI is InChI=1S/C11H14BrFO/c1-8(2)3-4-14-11-6-9(12)5-10(13)7-11/h5-8H,3-4H2,1-2H3. The molecule has 0 atom stereocenters. The van der Waals surface area contributed by atoms with E-state index in [2.05, 4.69) is 29.8 Å². The molecule has 14 heavy (non-hydrogen) atoms. The molecule has 0 aromatic heterocycles. The Bertz CT molecular complexity index is 279. The summed E-state index contributed by atoms with van der Waals surface area (Å²) in [5.41, 5.74) is 0. The minimum absolute atomic E-state index is 0.279. The van der Waals surface area contributed by atoms with Crippen molar-refractivity contribution in [2.45, 2.75) is 20.3 Å². The molecule has 0 amide bonds.